The number of hydrogen-bond acceptors (Lipinski definition) is 4. The topological polar surface area (TPSA) is 85.1 Å². The van der Waals surface area contributed by atoms with Crippen LogP contribution in [0.5, 0.6) is 0 Å². The molecule has 1 aromatic carbocycles. The van der Waals surface area contributed by atoms with Gasteiger partial charge < -0.3 is 5.32 Å². The number of rotatable bonds is 4. The highest BCUT2D eigenvalue weighted by atomic mass is 32.2. The summed E-state index contributed by atoms with van der Waals surface area (Å²) in [4.78, 5) is 4.35. The van der Waals surface area contributed by atoms with Gasteiger partial charge in [-0.3, -0.25) is 4.98 Å². The van der Waals surface area contributed by atoms with Crippen molar-refractivity contribution >= 4 is 15.7 Å². The first-order valence-corrected chi connectivity index (χ1v) is 7.28. The maximum Gasteiger partial charge on any atom is 0.238 e. The van der Waals surface area contributed by atoms with Gasteiger partial charge in [0.1, 0.15) is 0 Å². The number of primary sulfonamides is 1. The fraction of sp³-hybridized carbons (Fsp3) is 0.154. The summed E-state index contributed by atoms with van der Waals surface area (Å²) in [7, 11) is -3.67. The number of benzene rings is 1. The molecule has 0 saturated carbocycles. The molecule has 1 aromatic heterocycles. The number of aryl methyl sites for hydroxylation is 1. The second-order valence-electron chi connectivity index (χ2n) is 4.25. The van der Waals surface area contributed by atoms with Crippen LogP contribution in [0.25, 0.3) is 0 Å². The minimum Gasteiger partial charge on any atom is -0.379 e. The van der Waals surface area contributed by atoms with Gasteiger partial charge in [0.25, 0.3) is 0 Å². The van der Waals surface area contributed by atoms with E-state index in [4.69, 9.17) is 5.14 Å². The van der Waals surface area contributed by atoms with Gasteiger partial charge in [-0.15, -0.1) is 0 Å². The first kappa shape index (κ1) is 13.5. The molecular weight excluding hydrogens is 262 g/mol. The lowest BCUT2D eigenvalue weighted by atomic mass is 10.2. The van der Waals surface area contributed by atoms with Gasteiger partial charge in [0.05, 0.1) is 17.1 Å². The van der Waals surface area contributed by atoms with E-state index in [9.17, 15) is 8.42 Å². The third-order valence-electron chi connectivity index (χ3n) is 2.61. The monoisotopic (exact) mass is 277 g/mol. The molecule has 0 aliphatic carbocycles. The zero-order valence-corrected chi connectivity index (χ0v) is 11.3. The first-order chi connectivity index (χ1) is 8.95. The number of sulfonamides is 1. The van der Waals surface area contributed by atoms with Crippen LogP contribution in [-0.4, -0.2) is 13.4 Å². The Hall–Kier alpha value is -1.92. The minimum absolute atomic E-state index is 0.0920. The first-order valence-electron chi connectivity index (χ1n) is 5.73. The lowest BCUT2D eigenvalue weighted by molar-refractivity contribution is 0.598. The molecule has 2 rings (SSSR count). The van der Waals surface area contributed by atoms with E-state index in [2.05, 4.69) is 10.3 Å². The summed E-state index contributed by atoms with van der Waals surface area (Å²) in [5.74, 6) is 0. The number of nitrogens with zero attached hydrogens (tertiary/aromatic N) is 1. The highest BCUT2D eigenvalue weighted by molar-refractivity contribution is 7.89. The Labute approximate surface area is 112 Å². The number of hydrogen-bond donors (Lipinski definition) is 2. The third-order valence-corrected chi connectivity index (χ3v) is 3.52. The second kappa shape index (κ2) is 5.38. The largest absolute Gasteiger partial charge is 0.379 e. The Morgan fingerprint density at radius 2 is 2.05 bits per heavy atom. The molecule has 2 aromatic rings. The average molecular weight is 277 g/mol. The van der Waals surface area contributed by atoms with E-state index in [0.29, 0.717) is 12.2 Å². The predicted octanol–water partition coefficient (Wildman–Crippen LogP) is 1.65. The van der Waals surface area contributed by atoms with Gasteiger partial charge in [-0.25, -0.2) is 13.6 Å². The molecule has 0 fully saturated rings. The second-order valence-corrected chi connectivity index (χ2v) is 5.81. The van der Waals surface area contributed by atoms with Gasteiger partial charge in [0.15, 0.2) is 0 Å². The van der Waals surface area contributed by atoms with Crippen LogP contribution in [-0.2, 0) is 16.6 Å². The van der Waals surface area contributed by atoms with Crippen molar-refractivity contribution in [3.8, 4) is 0 Å². The normalized spacial score (nSPS) is 11.3. The maximum atomic E-state index is 11.2. The van der Waals surface area contributed by atoms with Gasteiger partial charge in [-0.1, -0.05) is 12.1 Å². The zero-order valence-electron chi connectivity index (χ0n) is 10.5. The lowest BCUT2D eigenvalue weighted by Crippen LogP contribution is -2.12. The van der Waals surface area contributed by atoms with Crippen molar-refractivity contribution in [2.75, 3.05) is 5.32 Å². The van der Waals surface area contributed by atoms with E-state index < -0.39 is 10.0 Å². The van der Waals surface area contributed by atoms with Crippen LogP contribution >= 0.6 is 0 Å². The highest BCUT2D eigenvalue weighted by Crippen LogP contribution is 2.14. The fourth-order valence-corrected chi connectivity index (χ4v) is 2.14. The van der Waals surface area contributed by atoms with E-state index >= 15 is 0 Å². The van der Waals surface area contributed by atoms with Gasteiger partial charge in [0, 0.05) is 11.9 Å². The molecule has 5 nitrogen and oxygen atoms in total. The van der Waals surface area contributed by atoms with Crippen LogP contribution in [0.4, 0.5) is 5.69 Å². The van der Waals surface area contributed by atoms with Crippen molar-refractivity contribution < 1.29 is 8.42 Å². The summed E-state index contributed by atoms with van der Waals surface area (Å²) in [5.41, 5.74) is 2.67. The van der Waals surface area contributed by atoms with Gasteiger partial charge in [0.2, 0.25) is 10.0 Å². The van der Waals surface area contributed by atoms with Gasteiger partial charge in [-0.2, -0.15) is 0 Å². The number of anilines is 1. The molecule has 3 N–H and O–H groups in total. The van der Waals surface area contributed by atoms with Gasteiger partial charge in [-0.05, 0) is 36.8 Å². The van der Waals surface area contributed by atoms with Crippen LogP contribution in [0.3, 0.4) is 0 Å². The molecule has 0 aliphatic heterocycles. The molecule has 1 heterocycles. The SMILES string of the molecule is Cc1ccc(CNc2cccc(S(N)(=O)=O)c2)nc1. The third kappa shape index (κ3) is 3.77. The number of nitrogens with one attached hydrogen (secondary N) is 1. The van der Waals surface area contributed by atoms with Crippen molar-refractivity contribution in [3.05, 3.63) is 53.9 Å². The van der Waals surface area contributed by atoms with Gasteiger partial charge >= 0.3 is 0 Å². The molecule has 0 spiro atoms. The summed E-state index contributed by atoms with van der Waals surface area (Å²) < 4.78 is 22.5. The molecule has 100 valence electrons. The van der Waals surface area contributed by atoms with Crippen molar-refractivity contribution in [3.63, 3.8) is 0 Å². The fourth-order valence-electron chi connectivity index (χ4n) is 1.58. The Morgan fingerprint density at radius 1 is 1.26 bits per heavy atom. The van der Waals surface area contributed by atoms with Crippen molar-refractivity contribution in [2.24, 2.45) is 5.14 Å². The van der Waals surface area contributed by atoms with Crippen LogP contribution < -0.4 is 10.5 Å². The molecule has 0 unspecified atom stereocenters. The molecule has 0 atom stereocenters. The summed E-state index contributed by atoms with van der Waals surface area (Å²) in [6.45, 7) is 2.49. The van der Waals surface area contributed by atoms with Crippen molar-refractivity contribution in [2.45, 2.75) is 18.4 Å². The van der Waals surface area contributed by atoms with Crippen LogP contribution in [0, 0.1) is 6.92 Å². The Bertz CT molecular complexity index is 667. The number of aromatic nitrogens is 1. The van der Waals surface area contributed by atoms with E-state index in [0.717, 1.165) is 11.3 Å². The average Bonchev–Trinajstić information content (AvgIpc) is 2.37. The number of nitrogens with two attached hydrogens (primary N) is 1. The standard InChI is InChI=1S/C13H15N3O2S/c1-10-5-6-12(15-8-10)9-16-11-3-2-4-13(7-11)19(14,17)18/h2-8,16H,9H2,1H3,(H2,14,17,18). The summed E-state index contributed by atoms with van der Waals surface area (Å²) >= 11 is 0. The Kier molecular flexibility index (Phi) is 3.82. The van der Waals surface area contributed by atoms with Crippen LogP contribution in [0.1, 0.15) is 11.3 Å². The number of pyridine rings is 1. The van der Waals surface area contributed by atoms with Crippen LogP contribution in [0.15, 0.2) is 47.5 Å². The van der Waals surface area contributed by atoms with Crippen molar-refractivity contribution in [1.82, 2.24) is 4.98 Å². The summed E-state index contributed by atoms with van der Waals surface area (Å²) in [6, 6.07) is 10.3. The quantitative estimate of drug-likeness (QED) is 0.889. The molecule has 6 heteroatoms. The molecule has 0 radical (unpaired) electrons. The smallest absolute Gasteiger partial charge is 0.238 e. The summed E-state index contributed by atoms with van der Waals surface area (Å²) in [5, 5.41) is 8.19. The lowest BCUT2D eigenvalue weighted by Gasteiger charge is -2.07. The highest BCUT2D eigenvalue weighted by Gasteiger charge is 2.07. The molecule has 0 amide bonds. The van der Waals surface area contributed by atoms with E-state index in [1.54, 1.807) is 18.3 Å². The van der Waals surface area contributed by atoms with E-state index in [1.807, 2.05) is 19.1 Å². The van der Waals surface area contributed by atoms with E-state index in [1.165, 1.54) is 12.1 Å². The molecule has 0 bridgehead atoms. The Morgan fingerprint density at radius 3 is 2.68 bits per heavy atom. The molecule has 19 heavy (non-hydrogen) atoms. The predicted molar refractivity (Wildman–Crippen MR) is 74.1 cm³/mol. The summed E-state index contributed by atoms with van der Waals surface area (Å²) in [6.07, 6.45) is 1.79. The zero-order chi connectivity index (χ0) is 13.9. The molecule has 0 aliphatic rings. The van der Waals surface area contributed by atoms with Crippen molar-refractivity contribution in [1.29, 1.82) is 0 Å². The Balaban J connectivity index is 2.10. The van der Waals surface area contributed by atoms with E-state index in [-0.39, 0.29) is 4.90 Å². The molecule has 0 saturated heterocycles. The van der Waals surface area contributed by atoms with Crippen LogP contribution in [0.2, 0.25) is 0 Å². The maximum absolute atomic E-state index is 11.2. The molecular formula is C13H15N3O2S. The minimum atomic E-state index is -3.67.